The average Bonchev–Trinajstić information content (AvgIpc) is 2.73. The Kier molecular flexibility index (Phi) is 6.50. The summed E-state index contributed by atoms with van der Waals surface area (Å²) in [6.45, 7) is 3.75. The molecule has 0 aromatic heterocycles. The molecule has 0 unspecified atom stereocenters. The van der Waals surface area contributed by atoms with Gasteiger partial charge in [0.1, 0.15) is 11.6 Å². The molecule has 1 atom stereocenters. The minimum Gasteiger partial charge on any atom is -0.481 e. The van der Waals surface area contributed by atoms with Crippen LogP contribution < -0.4 is 13.9 Å². The maximum absolute atomic E-state index is 14.0. The van der Waals surface area contributed by atoms with E-state index in [4.69, 9.17) is 4.74 Å². The molecule has 0 radical (unpaired) electrons. The van der Waals surface area contributed by atoms with Gasteiger partial charge in [-0.15, -0.1) is 0 Å². The van der Waals surface area contributed by atoms with Gasteiger partial charge in [-0.2, -0.15) is 0 Å². The van der Waals surface area contributed by atoms with E-state index in [0.29, 0.717) is 43.3 Å². The highest BCUT2D eigenvalue weighted by atomic mass is 32.2. The van der Waals surface area contributed by atoms with Gasteiger partial charge < -0.3 is 14.5 Å². The number of halogens is 1. The minimum atomic E-state index is -3.34. The molecule has 1 heterocycles. The van der Waals surface area contributed by atoms with Crippen LogP contribution in [0.4, 0.5) is 15.8 Å². The first-order chi connectivity index (χ1) is 14.2. The van der Waals surface area contributed by atoms with Crippen LogP contribution in [-0.2, 0) is 14.8 Å². The van der Waals surface area contributed by atoms with Crippen molar-refractivity contribution in [2.24, 2.45) is 0 Å². The molecular formula is C21H26FN3O4S. The number of hydrogen-bond acceptors (Lipinski definition) is 5. The van der Waals surface area contributed by atoms with Crippen LogP contribution in [0.5, 0.6) is 5.75 Å². The van der Waals surface area contributed by atoms with Crippen LogP contribution in [0.3, 0.4) is 0 Å². The van der Waals surface area contributed by atoms with Gasteiger partial charge in [0.25, 0.3) is 5.91 Å². The maximum atomic E-state index is 14.0. The van der Waals surface area contributed by atoms with Crippen LogP contribution >= 0.6 is 0 Å². The predicted octanol–water partition coefficient (Wildman–Crippen LogP) is 2.34. The van der Waals surface area contributed by atoms with E-state index in [-0.39, 0.29) is 11.7 Å². The summed E-state index contributed by atoms with van der Waals surface area (Å²) in [4.78, 5) is 16.4. The van der Waals surface area contributed by atoms with E-state index in [9.17, 15) is 17.6 Å². The highest BCUT2D eigenvalue weighted by Gasteiger charge is 2.27. The third-order valence-electron chi connectivity index (χ3n) is 5.14. The van der Waals surface area contributed by atoms with Gasteiger partial charge in [0.15, 0.2) is 6.10 Å². The van der Waals surface area contributed by atoms with Crippen molar-refractivity contribution in [3.05, 3.63) is 54.3 Å². The number of amides is 1. The van der Waals surface area contributed by atoms with Crippen molar-refractivity contribution in [1.29, 1.82) is 0 Å². The van der Waals surface area contributed by atoms with E-state index in [1.807, 2.05) is 4.90 Å². The second-order valence-corrected chi connectivity index (χ2v) is 9.26. The molecule has 0 saturated carbocycles. The van der Waals surface area contributed by atoms with Crippen LogP contribution in [0, 0.1) is 5.82 Å². The average molecular weight is 436 g/mol. The fourth-order valence-corrected chi connectivity index (χ4v) is 3.82. The quantitative estimate of drug-likeness (QED) is 0.697. The van der Waals surface area contributed by atoms with Gasteiger partial charge in [0.05, 0.1) is 17.6 Å². The lowest BCUT2D eigenvalue weighted by Gasteiger charge is -2.37. The summed E-state index contributed by atoms with van der Waals surface area (Å²) in [5, 5.41) is 0. The standard InChI is InChI=1S/C21H26FN3O4S/c1-16(29-18-10-8-17(9-11-18)23(2)30(3,27)28)21(26)25-14-12-24(13-15-25)20-7-5-4-6-19(20)22/h4-11,16H,12-15H2,1-3H3/t16-/m1/s1. The Balaban J connectivity index is 1.56. The van der Waals surface area contributed by atoms with Crippen LogP contribution in [0.2, 0.25) is 0 Å². The first kappa shape index (κ1) is 21.9. The van der Waals surface area contributed by atoms with Crippen molar-refractivity contribution in [3.63, 3.8) is 0 Å². The third kappa shape index (κ3) is 5.02. The van der Waals surface area contributed by atoms with Crippen molar-refractivity contribution in [2.75, 3.05) is 48.7 Å². The fourth-order valence-electron chi connectivity index (χ4n) is 3.31. The molecule has 2 aromatic carbocycles. The summed E-state index contributed by atoms with van der Waals surface area (Å²) in [5.41, 5.74) is 1.06. The summed E-state index contributed by atoms with van der Waals surface area (Å²) in [5.74, 6) is 0.0750. The molecule has 30 heavy (non-hydrogen) atoms. The molecule has 3 rings (SSSR count). The zero-order valence-electron chi connectivity index (χ0n) is 17.3. The van der Waals surface area contributed by atoms with Gasteiger partial charge in [0.2, 0.25) is 10.0 Å². The third-order valence-corrected chi connectivity index (χ3v) is 6.35. The van der Waals surface area contributed by atoms with Crippen molar-refractivity contribution >= 4 is 27.3 Å². The lowest BCUT2D eigenvalue weighted by atomic mass is 10.2. The molecule has 1 saturated heterocycles. The number of anilines is 2. The van der Waals surface area contributed by atoms with Gasteiger partial charge in [-0.25, -0.2) is 12.8 Å². The summed E-state index contributed by atoms with van der Waals surface area (Å²) < 4.78 is 44.1. The number of benzene rings is 2. The maximum Gasteiger partial charge on any atom is 0.263 e. The number of hydrogen-bond donors (Lipinski definition) is 0. The van der Waals surface area contributed by atoms with Gasteiger partial charge >= 0.3 is 0 Å². The van der Waals surface area contributed by atoms with E-state index < -0.39 is 16.1 Å². The summed E-state index contributed by atoms with van der Waals surface area (Å²) >= 11 is 0. The number of para-hydroxylation sites is 1. The van der Waals surface area contributed by atoms with Crippen LogP contribution in [0.25, 0.3) is 0 Å². The molecule has 0 aliphatic carbocycles. The van der Waals surface area contributed by atoms with Crippen molar-refractivity contribution in [2.45, 2.75) is 13.0 Å². The Labute approximate surface area is 176 Å². The van der Waals surface area contributed by atoms with E-state index in [2.05, 4.69) is 0 Å². The van der Waals surface area contributed by atoms with Crippen molar-refractivity contribution in [1.82, 2.24) is 4.90 Å². The Morgan fingerprint density at radius 3 is 2.23 bits per heavy atom. The van der Waals surface area contributed by atoms with Crippen LogP contribution in [0.15, 0.2) is 48.5 Å². The highest BCUT2D eigenvalue weighted by Crippen LogP contribution is 2.23. The molecule has 2 aromatic rings. The van der Waals surface area contributed by atoms with E-state index in [1.165, 1.54) is 17.4 Å². The second-order valence-electron chi connectivity index (χ2n) is 7.25. The number of carbonyl (C=O) groups excluding carboxylic acids is 1. The van der Waals surface area contributed by atoms with Crippen molar-refractivity contribution < 1.29 is 22.3 Å². The first-order valence-electron chi connectivity index (χ1n) is 9.65. The van der Waals surface area contributed by atoms with Gasteiger partial charge in [-0.1, -0.05) is 12.1 Å². The molecule has 7 nitrogen and oxygen atoms in total. The van der Waals surface area contributed by atoms with E-state index in [0.717, 1.165) is 6.26 Å². The number of piperazine rings is 1. The molecule has 1 fully saturated rings. The highest BCUT2D eigenvalue weighted by molar-refractivity contribution is 7.92. The molecule has 9 heteroatoms. The van der Waals surface area contributed by atoms with E-state index >= 15 is 0 Å². The SMILES string of the molecule is C[C@@H](Oc1ccc(N(C)S(C)(=O)=O)cc1)C(=O)N1CCN(c2ccccc2F)CC1. The molecule has 1 aliphatic rings. The second kappa shape index (κ2) is 8.91. The molecule has 0 bridgehead atoms. The Hall–Kier alpha value is -2.81. The predicted molar refractivity (Wildman–Crippen MR) is 115 cm³/mol. The number of nitrogens with zero attached hydrogens (tertiary/aromatic N) is 3. The molecule has 1 aliphatic heterocycles. The fraction of sp³-hybridized carbons (Fsp3) is 0.381. The summed E-state index contributed by atoms with van der Waals surface area (Å²) in [7, 11) is -1.87. The van der Waals surface area contributed by atoms with Gasteiger partial charge in [-0.05, 0) is 43.3 Å². The van der Waals surface area contributed by atoms with Crippen LogP contribution in [-0.4, -0.2) is 64.8 Å². The zero-order chi connectivity index (χ0) is 21.9. The van der Waals surface area contributed by atoms with Gasteiger partial charge in [-0.3, -0.25) is 9.10 Å². The number of ether oxygens (including phenoxy) is 1. The Bertz CT molecular complexity index is 990. The topological polar surface area (TPSA) is 70.2 Å². The molecule has 1 amide bonds. The number of carbonyl (C=O) groups is 1. The zero-order valence-corrected chi connectivity index (χ0v) is 18.1. The minimum absolute atomic E-state index is 0.138. The Morgan fingerprint density at radius 1 is 1.07 bits per heavy atom. The number of rotatable bonds is 6. The summed E-state index contributed by atoms with van der Waals surface area (Å²) in [6, 6.07) is 13.1. The summed E-state index contributed by atoms with van der Waals surface area (Å²) in [6.07, 6.45) is 0.438. The van der Waals surface area contributed by atoms with E-state index in [1.54, 1.807) is 54.3 Å². The largest absolute Gasteiger partial charge is 0.481 e. The van der Waals surface area contributed by atoms with Gasteiger partial charge in [0, 0.05) is 33.2 Å². The first-order valence-corrected chi connectivity index (χ1v) is 11.5. The van der Waals surface area contributed by atoms with Crippen molar-refractivity contribution in [3.8, 4) is 5.75 Å². The molecule has 162 valence electrons. The lowest BCUT2D eigenvalue weighted by molar-refractivity contribution is -0.138. The lowest BCUT2D eigenvalue weighted by Crippen LogP contribution is -2.52. The Morgan fingerprint density at radius 2 is 1.67 bits per heavy atom. The van der Waals surface area contributed by atoms with Crippen LogP contribution in [0.1, 0.15) is 6.92 Å². The smallest absolute Gasteiger partial charge is 0.263 e. The molecular weight excluding hydrogens is 409 g/mol. The normalized spacial score (nSPS) is 15.6. The number of sulfonamides is 1. The molecule has 0 N–H and O–H groups in total. The monoisotopic (exact) mass is 435 g/mol. The molecule has 0 spiro atoms.